The van der Waals surface area contributed by atoms with E-state index in [4.69, 9.17) is 19.3 Å². The van der Waals surface area contributed by atoms with Crippen molar-refractivity contribution in [2.45, 2.75) is 25.0 Å². The maximum Gasteiger partial charge on any atom is 0.332 e. The van der Waals surface area contributed by atoms with Crippen LogP contribution < -0.4 is 9.47 Å². The van der Waals surface area contributed by atoms with E-state index >= 15 is 0 Å². The van der Waals surface area contributed by atoms with Crippen molar-refractivity contribution >= 4 is 17.8 Å². The van der Waals surface area contributed by atoms with E-state index in [9.17, 15) is 14.4 Å². The number of carboxylic acid groups (broad SMARTS) is 1. The summed E-state index contributed by atoms with van der Waals surface area (Å²) in [5.41, 5.74) is 0.516. The molecule has 0 saturated carbocycles. The lowest BCUT2D eigenvalue weighted by molar-refractivity contribution is -0.155. The number of rotatable bonds is 3. The number of carbonyl (C=O) groups is 3. The van der Waals surface area contributed by atoms with Gasteiger partial charge in [0.2, 0.25) is 6.79 Å². The van der Waals surface area contributed by atoms with Crippen molar-refractivity contribution in [3.8, 4) is 11.5 Å². The summed E-state index contributed by atoms with van der Waals surface area (Å²) in [6, 6.07) is 5.08. The number of aliphatic carboxylic acids is 1. The summed E-state index contributed by atoms with van der Waals surface area (Å²) in [6.07, 6.45) is -0.865. The zero-order valence-electron chi connectivity index (χ0n) is 14.6. The quantitative estimate of drug-likeness (QED) is 0.810. The highest BCUT2D eigenvalue weighted by molar-refractivity contribution is 5.95. The van der Waals surface area contributed by atoms with Gasteiger partial charge in [0, 0.05) is 31.7 Å². The second-order valence-electron chi connectivity index (χ2n) is 6.71. The second kappa shape index (κ2) is 7.07. The van der Waals surface area contributed by atoms with Gasteiger partial charge in [0.05, 0.1) is 0 Å². The lowest BCUT2D eigenvalue weighted by Gasteiger charge is -2.35. The molecule has 3 aliphatic heterocycles. The Kier molecular flexibility index (Phi) is 4.61. The molecule has 0 radical (unpaired) electrons. The summed E-state index contributed by atoms with van der Waals surface area (Å²) in [5.74, 6) is -0.180. The van der Waals surface area contributed by atoms with E-state index in [1.165, 1.54) is 0 Å². The number of fused-ring (bicyclic) bond motifs is 1. The molecule has 0 aliphatic carbocycles. The van der Waals surface area contributed by atoms with Gasteiger partial charge in [-0.05, 0) is 31.0 Å². The predicted octanol–water partition coefficient (Wildman–Crippen LogP) is 0.332. The van der Waals surface area contributed by atoms with Crippen molar-refractivity contribution in [3.63, 3.8) is 0 Å². The standard InChI is InChI=1S/C18H20N2O7/c21-16(11-1-2-12-15(9-11)26-10-25-12)19-5-7-20(8-6-19)17(22)13-3-4-14(27-13)18(23)24/h1-2,9,13-14H,3-8,10H2,(H,23,24)/t13-,14+/m0/s1. The molecule has 2 amide bonds. The normalized spacial score (nSPS) is 24.1. The van der Waals surface area contributed by atoms with Crippen LogP contribution in [0.4, 0.5) is 0 Å². The van der Waals surface area contributed by atoms with Crippen molar-refractivity contribution in [2.75, 3.05) is 33.0 Å². The predicted molar refractivity (Wildman–Crippen MR) is 90.6 cm³/mol. The Labute approximate surface area is 155 Å². The van der Waals surface area contributed by atoms with Crippen LogP contribution in [0.5, 0.6) is 11.5 Å². The summed E-state index contributed by atoms with van der Waals surface area (Å²) < 4.78 is 15.9. The van der Waals surface area contributed by atoms with Crippen LogP contribution in [-0.4, -0.2) is 77.9 Å². The number of benzene rings is 1. The van der Waals surface area contributed by atoms with E-state index in [0.717, 1.165) is 0 Å². The highest BCUT2D eigenvalue weighted by Crippen LogP contribution is 2.33. The van der Waals surface area contributed by atoms with Gasteiger partial charge >= 0.3 is 5.97 Å². The molecule has 9 nitrogen and oxygen atoms in total. The minimum Gasteiger partial charge on any atom is -0.479 e. The van der Waals surface area contributed by atoms with Crippen LogP contribution in [0.25, 0.3) is 0 Å². The summed E-state index contributed by atoms with van der Waals surface area (Å²) in [4.78, 5) is 39.5. The number of hydrogen-bond donors (Lipinski definition) is 1. The third-order valence-corrected chi connectivity index (χ3v) is 5.07. The largest absolute Gasteiger partial charge is 0.479 e. The number of hydrogen-bond acceptors (Lipinski definition) is 6. The topological polar surface area (TPSA) is 106 Å². The van der Waals surface area contributed by atoms with E-state index in [0.29, 0.717) is 56.1 Å². The molecule has 27 heavy (non-hydrogen) atoms. The number of nitrogens with zero attached hydrogens (tertiary/aromatic N) is 2. The summed E-state index contributed by atoms with van der Waals surface area (Å²) in [5, 5.41) is 8.97. The molecule has 2 atom stereocenters. The van der Waals surface area contributed by atoms with E-state index in [1.807, 2.05) is 0 Å². The van der Waals surface area contributed by atoms with E-state index < -0.39 is 18.2 Å². The molecule has 0 unspecified atom stereocenters. The molecule has 2 fully saturated rings. The Morgan fingerprint density at radius 2 is 1.59 bits per heavy atom. The Balaban J connectivity index is 1.33. The van der Waals surface area contributed by atoms with Gasteiger partial charge < -0.3 is 29.1 Å². The fourth-order valence-electron chi connectivity index (χ4n) is 3.55. The van der Waals surface area contributed by atoms with Crippen LogP contribution in [0, 0.1) is 0 Å². The molecule has 4 rings (SSSR count). The minimum atomic E-state index is -1.04. The van der Waals surface area contributed by atoms with Gasteiger partial charge in [0.1, 0.15) is 6.10 Å². The van der Waals surface area contributed by atoms with Crippen LogP contribution in [0.3, 0.4) is 0 Å². The number of piperazine rings is 1. The van der Waals surface area contributed by atoms with Crippen molar-refractivity contribution < 1.29 is 33.7 Å². The number of carbonyl (C=O) groups excluding carboxylic acids is 2. The first-order valence-electron chi connectivity index (χ1n) is 8.89. The molecule has 1 aromatic carbocycles. The molecule has 0 aromatic heterocycles. The summed E-state index contributed by atoms with van der Waals surface area (Å²) in [6.45, 7) is 1.77. The van der Waals surface area contributed by atoms with Crippen LogP contribution in [-0.2, 0) is 14.3 Å². The molecule has 3 heterocycles. The van der Waals surface area contributed by atoms with Crippen molar-refractivity contribution in [1.29, 1.82) is 0 Å². The van der Waals surface area contributed by atoms with Gasteiger partial charge in [-0.3, -0.25) is 9.59 Å². The SMILES string of the molecule is O=C(O)[C@H]1CC[C@@H](C(=O)N2CCN(C(=O)c3ccc4c(c3)OCO4)CC2)O1. The smallest absolute Gasteiger partial charge is 0.332 e. The maximum absolute atomic E-state index is 12.7. The van der Waals surface area contributed by atoms with Gasteiger partial charge in [-0.25, -0.2) is 4.79 Å². The molecule has 2 saturated heterocycles. The lowest BCUT2D eigenvalue weighted by atomic mass is 10.1. The molecule has 0 spiro atoms. The third kappa shape index (κ3) is 3.42. The summed E-state index contributed by atoms with van der Waals surface area (Å²) in [7, 11) is 0. The van der Waals surface area contributed by atoms with E-state index in [-0.39, 0.29) is 18.6 Å². The Hall–Kier alpha value is -2.81. The van der Waals surface area contributed by atoms with Gasteiger partial charge in [0.15, 0.2) is 17.6 Å². The first kappa shape index (κ1) is 17.6. The van der Waals surface area contributed by atoms with Crippen molar-refractivity contribution in [3.05, 3.63) is 23.8 Å². The molecule has 144 valence electrons. The molecule has 3 aliphatic rings. The molecule has 1 aromatic rings. The first-order valence-corrected chi connectivity index (χ1v) is 8.89. The zero-order chi connectivity index (χ0) is 19.0. The highest BCUT2D eigenvalue weighted by atomic mass is 16.7. The van der Waals surface area contributed by atoms with E-state index in [2.05, 4.69) is 0 Å². The molecular formula is C18H20N2O7. The van der Waals surface area contributed by atoms with Gasteiger partial charge in [-0.2, -0.15) is 0 Å². The van der Waals surface area contributed by atoms with Crippen molar-refractivity contribution in [2.24, 2.45) is 0 Å². The average Bonchev–Trinajstić information content (AvgIpc) is 3.36. The van der Waals surface area contributed by atoms with E-state index in [1.54, 1.807) is 28.0 Å². The highest BCUT2D eigenvalue weighted by Gasteiger charge is 2.38. The molecular weight excluding hydrogens is 356 g/mol. The number of amides is 2. The number of ether oxygens (including phenoxy) is 3. The fourth-order valence-corrected chi connectivity index (χ4v) is 3.55. The summed E-state index contributed by atoms with van der Waals surface area (Å²) >= 11 is 0. The molecule has 9 heteroatoms. The zero-order valence-corrected chi connectivity index (χ0v) is 14.6. The van der Waals surface area contributed by atoms with Gasteiger partial charge in [-0.1, -0.05) is 0 Å². The average molecular weight is 376 g/mol. The maximum atomic E-state index is 12.7. The second-order valence-corrected chi connectivity index (χ2v) is 6.71. The van der Waals surface area contributed by atoms with Crippen LogP contribution in [0.15, 0.2) is 18.2 Å². The van der Waals surface area contributed by atoms with Gasteiger partial charge in [0.25, 0.3) is 11.8 Å². The fraction of sp³-hybridized carbons (Fsp3) is 0.500. The lowest BCUT2D eigenvalue weighted by Crippen LogP contribution is -2.53. The number of carboxylic acids is 1. The van der Waals surface area contributed by atoms with Crippen LogP contribution in [0.2, 0.25) is 0 Å². The first-order chi connectivity index (χ1) is 13.0. The minimum absolute atomic E-state index is 0.122. The van der Waals surface area contributed by atoms with Crippen molar-refractivity contribution in [1.82, 2.24) is 9.80 Å². The molecule has 1 N–H and O–H groups in total. The van der Waals surface area contributed by atoms with Crippen LogP contribution >= 0.6 is 0 Å². The Morgan fingerprint density at radius 3 is 2.30 bits per heavy atom. The Morgan fingerprint density at radius 1 is 0.926 bits per heavy atom. The monoisotopic (exact) mass is 376 g/mol. The Bertz CT molecular complexity index is 773. The van der Waals surface area contributed by atoms with Crippen LogP contribution in [0.1, 0.15) is 23.2 Å². The van der Waals surface area contributed by atoms with Gasteiger partial charge in [-0.15, -0.1) is 0 Å². The third-order valence-electron chi connectivity index (χ3n) is 5.07. The molecule has 0 bridgehead atoms.